The van der Waals surface area contributed by atoms with Crippen molar-refractivity contribution in [2.24, 2.45) is 0 Å². The van der Waals surface area contributed by atoms with Crippen molar-refractivity contribution in [1.82, 2.24) is 0 Å². The molecule has 13 heteroatoms. The van der Waals surface area contributed by atoms with Crippen LogP contribution in [0.2, 0.25) is 5.02 Å². The Balaban J connectivity index is 0.000000227. The lowest BCUT2D eigenvalue weighted by molar-refractivity contribution is -0.231. The van der Waals surface area contributed by atoms with Crippen LogP contribution in [0, 0.1) is 6.92 Å². The van der Waals surface area contributed by atoms with E-state index in [1.807, 2.05) is 37.3 Å². The van der Waals surface area contributed by atoms with Crippen LogP contribution in [-0.4, -0.2) is 98.5 Å². The van der Waals surface area contributed by atoms with Crippen LogP contribution >= 0.6 is 11.6 Å². The van der Waals surface area contributed by atoms with Crippen LogP contribution in [0.1, 0.15) is 41.2 Å². The SMILES string of the molecule is Cc1ccc(S(=O)(=O)OC2CCOC2)cc1.OC[C@H]1OC(c2ccc(Cl)c(Cc3ccc(OC4CCOC4)cc3)c2)[C@H](O)[C@@H](O)[C@@H]1O. The number of ether oxygens (including phenoxy) is 4. The Morgan fingerprint density at radius 1 is 0.851 bits per heavy atom. The van der Waals surface area contributed by atoms with Gasteiger partial charge in [-0.25, -0.2) is 0 Å². The predicted molar refractivity (Wildman–Crippen MR) is 172 cm³/mol. The summed E-state index contributed by atoms with van der Waals surface area (Å²) >= 11 is 6.40. The molecule has 47 heavy (non-hydrogen) atoms. The van der Waals surface area contributed by atoms with Crippen LogP contribution in [0.4, 0.5) is 0 Å². The molecule has 0 radical (unpaired) electrons. The zero-order valence-electron chi connectivity index (χ0n) is 26.0. The van der Waals surface area contributed by atoms with E-state index in [2.05, 4.69) is 0 Å². The van der Waals surface area contributed by atoms with Gasteiger partial charge < -0.3 is 39.4 Å². The Morgan fingerprint density at radius 2 is 1.51 bits per heavy atom. The molecule has 0 aromatic heterocycles. The van der Waals surface area contributed by atoms with Crippen molar-refractivity contribution in [3.8, 4) is 5.75 Å². The number of aliphatic hydroxyl groups is 4. The zero-order valence-corrected chi connectivity index (χ0v) is 27.6. The molecular weight excluding hydrogens is 652 g/mol. The lowest BCUT2D eigenvalue weighted by atomic mass is 9.90. The fourth-order valence-corrected chi connectivity index (χ4v) is 6.79. The van der Waals surface area contributed by atoms with Gasteiger partial charge in [-0.3, -0.25) is 4.18 Å². The number of benzene rings is 3. The van der Waals surface area contributed by atoms with Crippen molar-refractivity contribution in [3.63, 3.8) is 0 Å². The number of aryl methyl sites for hydroxylation is 1. The molecule has 4 N–H and O–H groups in total. The first-order chi connectivity index (χ1) is 22.5. The Hall–Kier alpha value is -2.62. The van der Waals surface area contributed by atoms with Crippen molar-refractivity contribution < 1.29 is 52.0 Å². The van der Waals surface area contributed by atoms with E-state index in [9.17, 15) is 28.8 Å². The van der Waals surface area contributed by atoms with Crippen molar-refractivity contribution in [3.05, 3.63) is 94.0 Å². The van der Waals surface area contributed by atoms with Gasteiger partial charge in [0, 0.05) is 24.5 Å². The van der Waals surface area contributed by atoms with E-state index in [1.165, 1.54) is 0 Å². The molecular formula is C34H41ClO11S. The summed E-state index contributed by atoms with van der Waals surface area (Å²) in [6.45, 7) is 3.69. The molecule has 0 amide bonds. The molecule has 3 aliphatic heterocycles. The third kappa shape index (κ3) is 9.30. The Morgan fingerprint density at radius 3 is 2.13 bits per heavy atom. The van der Waals surface area contributed by atoms with Gasteiger partial charge in [0.2, 0.25) is 0 Å². The molecule has 256 valence electrons. The molecule has 3 aliphatic rings. The molecule has 11 nitrogen and oxygen atoms in total. The van der Waals surface area contributed by atoms with Gasteiger partial charge in [-0.15, -0.1) is 0 Å². The summed E-state index contributed by atoms with van der Waals surface area (Å²) in [6, 6.07) is 19.6. The lowest BCUT2D eigenvalue weighted by Crippen LogP contribution is -2.55. The van der Waals surface area contributed by atoms with Crippen LogP contribution in [0.3, 0.4) is 0 Å². The number of aliphatic hydroxyl groups excluding tert-OH is 4. The van der Waals surface area contributed by atoms with Crippen LogP contribution in [-0.2, 0) is 34.9 Å². The Labute approximate surface area is 279 Å². The molecule has 0 saturated carbocycles. The molecule has 0 bridgehead atoms. The number of hydrogen-bond acceptors (Lipinski definition) is 11. The normalized spacial score (nSPS) is 27.7. The summed E-state index contributed by atoms with van der Waals surface area (Å²) in [4.78, 5) is 0.199. The number of halogens is 1. The van der Waals surface area contributed by atoms with Crippen LogP contribution in [0.15, 0.2) is 71.6 Å². The standard InChI is InChI=1S/C23H27ClO7.C11H14O4S/c24-18-6-3-14(23-22(28)21(27)20(26)19(11-25)31-23)10-15(18)9-13-1-4-16(5-2-13)30-17-7-8-29-12-17;1-9-2-4-11(5-3-9)16(12,13)15-10-6-7-14-8-10/h1-6,10,17,19-23,25-28H,7-9,11-12H2;2-5,10H,6-8H2,1H3/t17?,19-,20-,21+,22-,23?;/m1./s1. The topological polar surface area (TPSA) is 161 Å². The first-order valence-corrected chi connectivity index (χ1v) is 17.3. The first-order valence-electron chi connectivity index (χ1n) is 15.5. The van der Waals surface area contributed by atoms with E-state index in [-0.39, 0.29) is 17.1 Å². The number of rotatable bonds is 9. The van der Waals surface area contributed by atoms with Gasteiger partial charge in [-0.2, -0.15) is 8.42 Å². The molecule has 0 spiro atoms. The summed E-state index contributed by atoms with van der Waals surface area (Å²) in [7, 11) is -3.64. The Bertz CT molecular complexity index is 1540. The zero-order chi connectivity index (χ0) is 33.6. The van der Waals surface area contributed by atoms with Gasteiger partial charge in [0.1, 0.15) is 48.5 Å². The lowest BCUT2D eigenvalue weighted by Gasteiger charge is -2.40. The van der Waals surface area contributed by atoms with Crippen molar-refractivity contribution >= 4 is 21.7 Å². The second kappa shape index (κ2) is 16.2. The van der Waals surface area contributed by atoms with Crippen molar-refractivity contribution in [2.45, 2.75) is 73.8 Å². The highest BCUT2D eigenvalue weighted by Gasteiger charge is 2.44. The minimum atomic E-state index is -3.64. The predicted octanol–water partition coefficient (Wildman–Crippen LogP) is 3.10. The second-order valence-corrected chi connectivity index (χ2v) is 13.9. The highest BCUT2D eigenvalue weighted by atomic mass is 35.5. The molecule has 3 aromatic rings. The minimum Gasteiger partial charge on any atom is -0.488 e. The van der Waals surface area contributed by atoms with E-state index in [4.69, 9.17) is 34.7 Å². The van der Waals surface area contributed by atoms with Crippen molar-refractivity contribution in [1.29, 1.82) is 0 Å². The maximum atomic E-state index is 11.8. The average Bonchev–Trinajstić information content (AvgIpc) is 3.77. The molecule has 3 heterocycles. The van der Waals surface area contributed by atoms with Gasteiger partial charge in [0.15, 0.2) is 0 Å². The molecule has 0 aliphatic carbocycles. The summed E-state index contributed by atoms with van der Waals surface area (Å²) in [5, 5.41) is 40.5. The van der Waals surface area contributed by atoms with E-state index in [1.54, 1.807) is 36.4 Å². The van der Waals surface area contributed by atoms with Gasteiger partial charge in [-0.1, -0.05) is 53.6 Å². The smallest absolute Gasteiger partial charge is 0.297 e. The Kier molecular flexibility index (Phi) is 12.3. The maximum Gasteiger partial charge on any atom is 0.297 e. The minimum absolute atomic E-state index is 0.0931. The molecule has 7 atom stereocenters. The van der Waals surface area contributed by atoms with Gasteiger partial charge in [0.25, 0.3) is 10.1 Å². The third-order valence-corrected chi connectivity index (χ3v) is 10.0. The summed E-state index contributed by atoms with van der Waals surface area (Å²) in [5.41, 5.74) is 3.48. The summed E-state index contributed by atoms with van der Waals surface area (Å²) < 4.78 is 50.7. The fourth-order valence-electron chi connectivity index (χ4n) is 5.52. The van der Waals surface area contributed by atoms with Crippen LogP contribution in [0.25, 0.3) is 0 Å². The van der Waals surface area contributed by atoms with Crippen LogP contribution < -0.4 is 4.74 Å². The summed E-state index contributed by atoms with van der Waals surface area (Å²) in [5.74, 6) is 0.792. The van der Waals surface area contributed by atoms with E-state index in [0.29, 0.717) is 43.2 Å². The van der Waals surface area contributed by atoms with Crippen molar-refractivity contribution in [2.75, 3.05) is 33.0 Å². The van der Waals surface area contributed by atoms with E-state index in [0.717, 1.165) is 35.5 Å². The quantitative estimate of drug-likeness (QED) is 0.244. The monoisotopic (exact) mass is 692 g/mol. The van der Waals surface area contributed by atoms with Gasteiger partial charge in [-0.05, 0) is 60.4 Å². The van der Waals surface area contributed by atoms with E-state index < -0.39 is 47.2 Å². The summed E-state index contributed by atoms with van der Waals surface area (Å²) in [6.07, 6.45) is -4.17. The second-order valence-electron chi connectivity index (χ2n) is 11.9. The molecule has 3 unspecified atom stereocenters. The number of hydrogen-bond donors (Lipinski definition) is 4. The molecule has 3 aromatic carbocycles. The van der Waals surface area contributed by atoms with E-state index >= 15 is 0 Å². The average molecular weight is 693 g/mol. The van der Waals surface area contributed by atoms with Gasteiger partial charge >= 0.3 is 0 Å². The largest absolute Gasteiger partial charge is 0.488 e. The first kappa shape index (κ1) is 35.7. The van der Waals surface area contributed by atoms with Crippen LogP contribution in [0.5, 0.6) is 5.75 Å². The fraction of sp³-hybridized carbons (Fsp3) is 0.471. The molecule has 3 fully saturated rings. The van der Waals surface area contributed by atoms with Gasteiger partial charge in [0.05, 0.1) is 31.3 Å². The third-order valence-electron chi connectivity index (χ3n) is 8.26. The highest BCUT2D eigenvalue weighted by Crippen LogP contribution is 2.34. The molecule has 3 saturated heterocycles. The molecule has 6 rings (SSSR count). The maximum absolute atomic E-state index is 11.8. The highest BCUT2D eigenvalue weighted by molar-refractivity contribution is 7.86.